The number of nitrogens with zero attached hydrogens (tertiary/aromatic N) is 2. The maximum atomic E-state index is 13.8. The van der Waals surface area contributed by atoms with Crippen LogP contribution in [-0.2, 0) is 14.3 Å². The highest BCUT2D eigenvalue weighted by molar-refractivity contribution is 8.13. The van der Waals surface area contributed by atoms with Crippen LogP contribution in [0.4, 0.5) is 10.1 Å². The highest BCUT2D eigenvalue weighted by Gasteiger charge is 2.70. The van der Waals surface area contributed by atoms with Crippen molar-refractivity contribution in [1.29, 1.82) is 5.26 Å². The van der Waals surface area contributed by atoms with E-state index in [1.807, 2.05) is 6.92 Å². The molecule has 224 valence electrons. The number of hydrogen-bond acceptors (Lipinski definition) is 8. The van der Waals surface area contributed by atoms with Crippen molar-refractivity contribution < 1.29 is 23.8 Å². The molecule has 3 fully saturated rings. The van der Waals surface area contributed by atoms with Crippen LogP contribution < -0.4 is 5.73 Å². The molecule has 3 N–H and O–H groups in total. The second kappa shape index (κ2) is 11.6. The number of nitriles is 1. The number of allylic oxidation sites excluding steroid dienone is 3. The summed E-state index contributed by atoms with van der Waals surface area (Å²) >= 11 is 1.07. The van der Waals surface area contributed by atoms with Crippen molar-refractivity contribution in [3.8, 4) is 6.07 Å². The van der Waals surface area contributed by atoms with Gasteiger partial charge in [-0.2, -0.15) is 5.26 Å². The fourth-order valence-corrected chi connectivity index (χ4v) is 9.68. The Balaban J connectivity index is 1.50. The van der Waals surface area contributed by atoms with E-state index in [1.165, 1.54) is 17.7 Å². The molecule has 0 spiro atoms. The van der Waals surface area contributed by atoms with Gasteiger partial charge >= 0.3 is 5.97 Å². The Bertz CT molecular complexity index is 1380. The molecule has 0 radical (unpaired) electrons. The van der Waals surface area contributed by atoms with Crippen LogP contribution in [-0.4, -0.2) is 39.4 Å². The number of nitrogens with two attached hydrogens (primary N) is 1. The van der Waals surface area contributed by atoms with Crippen LogP contribution in [0.3, 0.4) is 0 Å². The quantitative estimate of drug-likeness (QED) is 0.299. The van der Waals surface area contributed by atoms with Crippen LogP contribution in [0.25, 0.3) is 0 Å². The third kappa shape index (κ3) is 4.90. The van der Waals surface area contributed by atoms with E-state index < -0.39 is 23.1 Å². The topological polar surface area (TPSA) is 126 Å². The molecule has 0 saturated heterocycles. The summed E-state index contributed by atoms with van der Waals surface area (Å²) in [6, 6.07) is 8.14. The Labute approximate surface area is 251 Å². The summed E-state index contributed by atoms with van der Waals surface area (Å²) in [7, 11) is 0. The second-order valence-corrected chi connectivity index (χ2v) is 13.8. The average Bonchev–Trinajstić information content (AvgIpc) is 3.25. The number of fused-ring (bicyclic) bond motifs is 5. The van der Waals surface area contributed by atoms with Gasteiger partial charge in [0.05, 0.1) is 23.6 Å². The van der Waals surface area contributed by atoms with E-state index in [2.05, 4.69) is 19.1 Å². The predicted octanol–water partition coefficient (Wildman–Crippen LogP) is 6.15. The van der Waals surface area contributed by atoms with Gasteiger partial charge in [0.2, 0.25) is 5.12 Å². The summed E-state index contributed by atoms with van der Waals surface area (Å²) in [6.45, 7) is 5.96. The lowest BCUT2D eigenvalue weighted by Crippen LogP contribution is -2.62. The van der Waals surface area contributed by atoms with E-state index in [-0.39, 0.29) is 46.9 Å². The molecule has 7 nitrogen and oxygen atoms in total. The molecule has 9 heteroatoms. The number of thioether (sulfide) groups is 1. The van der Waals surface area contributed by atoms with Crippen LogP contribution in [0.5, 0.6) is 0 Å². The molecule has 5 rings (SSSR count). The summed E-state index contributed by atoms with van der Waals surface area (Å²) in [5.74, 6) is -0.220. The van der Waals surface area contributed by atoms with Crippen molar-refractivity contribution in [2.75, 3.05) is 5.75 Å². The minimum Gasteiger partial charge on any atom is -0.449 e. The number of aliphatic imine (C=N–C) groups is 1. The van der Waals surface area contributed by atoms with Crippen molar-refractivity contribution in [2.45, 2.75) is 83.8 Å². The number of ether oxygens (including phenoxy) is 1. The number of carbonyl (C=O) groups is 2. The largest absolute Gasteiger partial charge is 0.449 e. The number of carbonyl (C=O) groups excluding carboxylic acids is 2. The summed E-state index contributed by atoms with van der Waals surface area (Å²) in [5.41, 5.74) is 7.26. The zero-order valence-electron chi connectivity index (χ0n) is 24.6. The van der Waals surface area contributed by atoms with Crippen molar-refractivity contribution in [1.82, 2.24) is 0 Å². The van der Waals surface area contributed by atoms with Crippen molar-refractivity contribution in [2.24, 2.45) is 39.3 Å². The highest BCUT2D eigenvalue weighted by atomic mass is 32.2. The summed E-state index contributed by atoms with van der Waals surface area (Å²) in [4.78, 5) is 31.3. The lowest BCUT2D eigenvalue weighted by molar-refractivity contribution is -0.196. The van der Waals surface area contributed by atoms with Crippen molar-refractivity contribution >= 4 is 34.2 Å². The van der Waals surface area contributed by atoms with Gasteiger partial charge in [-0.3, -0.25) is 9.59 Å². The third-order valence-electron chi connectivity index (χ3n) is 10.6. The molecule has 0 amide bonds. The van der Waals surface area contributed by atoms with E-state index in [1.54, 1.807) is 25.3 Å². The van der Waals surface area contributed by atoms with Gasteiger partial charge in [0, 0.05) is 24.0 Å². The Morgan fingerprint density at radius 2 is 2.02 bits per heavy atom. The molecule has 0 bridgehead atoms. The molecule has 4 aliphatic carbocycles. The van der Waals surface area contributed by atoms with Gasteiger partial charge in [-0.15, -0.1) is 0 Å². The molecule has 3 saturated carbocycles. The molecule has 4 aliphatic rings. The molecule has 0 heterocycles. The smallest absolute Gasteiger partial charge is 0.306 e. The standard InChI is InChI=1S/C33H40FN3O4S/c1-4-28(39)41-33(30(40)42-15-5-14-35)13-12-25-24-11-6-21-16-26(37-23-9-7-22(34)8-10-23)20(19-36)17-31(21,2)29(24)27(38)18-32(25,33)3/h7-10,16,19,24-25,27,29,38H,4-6,11-13,15,17-18,36H2,1-3H3/t24-,25?,27?,29?,31-,32-,33-/m0/s1. The van der Waals surface area contributed by atoms with Gasteiger partial charge in [0.1, 0.15) is 5.82 Å². The maximum Gasteiger partial charge on any atom is 0.306 e. The normalized spacial score (nSPS) is 37.3. The van der Waals surface area contributed by atoms with Gasteiger partial charge in [0.25, 0.3) is 0 Å². The van der Waals surface area contributed by atoms with Crippen LogP contribution in [0.2, 0.25) is 0 Å². The van der Waals surface area contributed by atoms with Crippen LogP contribution in [0, 0.1) is 45.7 Å². The summed E-state index contributed by atoms with van der Waals surface area (Å²) in [5, 5.41) is 20.8. The zero-order valence-corrected chi connectivity index (χ0v) is 25.4. The van der Waals surface area contributed by atoms with E-state index >= 15 is 0 Å². The average molecular weight is 594 g/mol. The number of benzene rings is 1. The molecule has 0 aliphatic heterocycles. The van der Waals surface area contributed by atoms with Crippen LogP contribution >= 0.6 is 11.8 Å². The first-order chi connectivity index (χ1) is 20.0. The van der Waals surface area contributed by atoms with E-state index in [0.29, 0.717) is 30.7 Å². The van der Waals surface area contributed by atoms with Crippen LogP contribution in [0.15, 0.2) is 52.7 Å². The number of halogens is 1. The zero-order chi connectivity index (χ0) is 30.3. The van der Waals surface area contributed by atoms with Gasteiger partial charge < -0.3 is 15.6 Å². The molecule has 1 aromatic rings. The first-order valence-electron chi connectivity index (χ1n) is 14.9. The third-order valence-corrected chi connectivity index (χ3v) is 11.6. The summed E-state index contributed by atoms with van der Waals surface area (Å²) < 4.78 is 19.6. The molecule has 1 aromatic carbocycles. The second-order valence-electron chi connectivity index (χ2n) is 12.7. The molecule has 42 heavy (non-hydrogen) atoms. The molecule has 7 atom stereocenters. The first-order valence-corrected chi connectivity index (χ1v) is 15.9. The van der Waals surface area contributed by atoms with Gasteiger partial charge in [0.15, 0.2) is 5.60 Å². The SMILES string of the molecule is CCC(=O)O[C@]1(C(=O)SCCC#N)CCC2[C@@H]3CCC4=CC(=Nc5ccc(F)cc5)C(=CN)C[C@]4(C)C3C(O)C[C@@]21C. The van der Waals surface area contributed by atoms with E-state index in [0.717, 1.165) is 42.3 Å². The molecular formula is C33H40FN3O4S. The Morgan fingerprint density at radius 1 is 1.29 bits per heavy atom. The van der Waals surface area contributed by atoms with E-state index in [4.69, 9.17) is 20.7 Å². The Morgan fingerprint density at radius 3 is 2.69 bits per heavy atom. The lowest BCUT2D eigenvalue weighted by Gasteiger charge is -2.61. The minimum atomic E-state index is -1.32. The Hall–Kier alpha value is -2.96. The highest BCUT2D eigenvalue weighted by Crippen LogP contribution is 2.69. The lowest BCUT2D eigenvalue weighted by atomic mass is 9.45. The summed E-state index contributed by atoms with van der Waals surface area (Å²) in [6.07, 6.45) is 7.17. The predicted molar refractivity (Wildman–Crippen MR) is 161 cm³/mol. The molecular weight excluding hydrogens is 553 g/mol. The fourth-order valence-electron chi connectivity index (χ4n) is 8.69. The molecule has 3 unspecified atom stereocenters. The first kappa shape index (κ1) is 30.5. The van der Waals surface area contributed by atoms with Gasteiger partial charge in [-0.05, 0) is 104 Å². The fraction of sp³-hybridized carbons (Fsp3) is 0.576. The Kier molecular flexibility index (Phi) is 8.43. The minimum absolute atomic E-state index is 0.0584. The van der Waals surface area contributed by atoms with Gasteiger partial charge in [-0.25, -0.2) is 9.38 Å². The number of esters is 1. The van der Waals surface area contributed by atoms with Crippen molar-refractivity contribution in [3.05, 3.63) is 53.5 Å². The number of hydrogen-bond donors (Lipinski definition) is 2. The van der Waals surface area contributed by atoms with Gasteiger partial charge in [-0.1, -0.05) is 38.1 Å². The van der Waals surface area contributed by atoms with Crippen molar-refractivity contribution in [3.63, 3.8) is 0 Å². The number of aliphatic hydroxyl groups excluding tert-OH is 1. The van der Waals surface area contributed by atoms with E-state index in [9.17, 15) is 19.1 Å². The number of rotatable bonds is 6. The monoisotopic (exact) mass is 593 g/mol. The van der Waals surface area contributed by atoms with Crippen LogP contribution in [0.1, 0.15) is 72.1 Å². The molecule has 0 aromatic heterocycles. The number of aliphatic hydroxyl groups is 1. The maximum absolute atomic E-state index is 13.8.